The molecule has 2 aliphatic heterocycles. The van der Waals surface area contributed by atoms with E-state index >= 15 is 0 Å². The van der Waals surface area contributed by atoms with E-state index in [0.717, 1.165) is 38.5 Å². The number of aliphatic hydroxyl groups is 1. The molecule has 0 unspecified atom stereocenters. The van der Waals surface area contributed by atoms with Crippen LogP contribution in [0.3, 0.4) is 0 Å². The van der Waals surface area contributed by atoms with Gasteiger partial charge in [-0.15, -0.1) is 0 Å². The maximum Gasteiger partial charge on any atom is 0.0883 e. The Morgan fingerprint density at radius 3 is 2.64 bits per heavy atom. The fraction of sp³-hybridized carbons (Fsp3) is 0.700. The molecule has 124 valence electrons. The zero-order chi connectivity index (χ0) is 16.3. The molecular formula is C20H32O2. The molecule has 0 saturated carbocycles. The van der Waals surface area contributed by atoms with Crippen molar-refractivity contribution in [2.24, 2.45) is 5.92 Å². The average molecular weight is 304 g/mol. The van der Waals surface area contributed by atoms with Crippen LogP contribution in [0.15, 0.2) is 35.5 Å². The van der Waals surface area contributed by atoms with Crippen molar-refractivity contribution in [3.8, 4) is 0 Å². The molecule has 0 aliphatic carbocycles. The van der Waals surface area contributed by atoms with E-state index in [0.29, 0.717) is 5.92 Å². The normalized spacial score (nSPS) is 42.1. The smallest absolute Gasteiger partial charge is 0.0883 e. The van der Waals surface area contributed by atoms with Gasteiger partial charge in [-0.2, -0.15) is 0 Å². The van der Waals surface area contributed by atoms with Crippen LogP contribution in [-0.4, -0.2) is 22.9 Å². The van der Waals surface area contributed by atoms with Crippen LogP contribution in [0.4, 0.5) is 0 Å². The van der Waals surface area contributed by atoms with Crippen LogP contribution in [0.2, 0.25) is 0 Å². The molecule has 22 heavy (non-hydrogen) atoms. The second-order valence-corrected chi connectivity index (χ2v) is 7.59. The lowest BCUT2D eigenvalue weighted by molar-refractivity contribution is -0.0969. The Kier molecular flexibility index (Phi) is 5.68. The summed E-state index contributed by atoms with van der Waals surface area (Å²) in [7, 11) is 0. The number of hydrogen-bond acceptors (Lipinski definition) is 2. The summed E-state index contributed by atoms with van der Waals surface area (Å²) in [6, 6.07) is 0. The number of ether oxygens (including phenoxy) is 1. The minimum atomic E-state index is -0.759. The molecule has 1 saturated heterocycles. The molecule has 0 amide bonds. The van der Waals surface area contributed by atoms with Crippen LogP contribution < -0.4 is 0 Å². The Morgan fingerprint density at radius 1 is 1.27 bits per heavy atom. The van der Waals surface area contributed by atoms with Crippen molar-refractivity contribution in [1.82, 2.24) is 0 Å². The third-order valence-electron chi connectivity index (χ3n) is 5.28. The van der Waals surface area contributed by atoms with E-state index in [-0.39, 0.29) is 12.2 Å². The van der Waals surface area contributed by atoms with Crippen molar-refractivity contribution in [2.45, 2.75) is 84.0 Å². The second-order valence-electron chi connectivity index (χ2n) is 7.59. The summed E-state index contributed by atoms with van der Waals surface area (Å²) in [5.74, 6) is 0.361. The molecule has 0 radical (unpaired) electrons. The SMILES string of the molecule is C=C(C)[C@H]1C[C@H]2O[C@H]1C/C(C)=C/CC/C(C)=C/CC[C@]2(C)O. The van der Waals surface area contributed by atoms with Crippen molar-refractivity contribution in [1.29, 1.82) is 0 Å². The topological polar surface area (TPSA) is 29.5 Å². The molecule has 2 heteroatoms. The Balaban J connectivity index is 2.23. The highest BCUT2D eigenvalue weighted by atomic mass is 16.5. The highest BCUT2D eigenvalue weighted by molar-refractivity contribution is 5.12. The standard InChI is InChI=1S/C20H32O2/c1-14(2)17-13-19-20(5,21)11-7-10-15(3)8-6-9-16(4)12-18(17)22-19/h9-10,17-19,21H,1,6-8,11-13H2,2-5H3/b15-10+,16-9+/t17-,18+,19-,20+/m1/s1. The quantitative estimate of drug-likeness (QED) is 0.695. The lowest BCUT2D eigenvalue weighted by Gasteiger charge is -2.29. The van der Waals surface area contributed by atoms with E-state index in [4.69, 9.17) is 4.74 Å². The predicted octanol–water partition coefficient (Wildman–Crippen LogP) is 4.94. The van der Waals surface area contributed by atoms with Crippen LogP contribution in [0.25, 0.3) is 0 Å². The van der Waals surface area contributed by atoms with Crippen molar-refractivity contribution in [2.75, 3.05) is 0 Å². The summed E-state index contributed by atoms with van der Waals surface area (Å²) in [6.07, 6.45) is 10.4. The molecule has 2 aliphatic rings. The van der Waals surface area contributed by atoms with Gasteiger partial charge in [-0.1, -0.05) is 35.5 Å². The first-order chi connectivity index (χ1) is 10.3. The fourth-order valence-electron chi connectivity index (χ4n) is 3.67. The third-order valence-corrected chi connectivity index (χ3v) is 5.28. The van der Waals surface area contributed by atoms with Crippen LogP contribution in [0.5, 0.6) is 0 Å². The summed E-state index contributed by atoms with van der Waals surface area (Å²) in [4.78, 5) is 0. The molecule has 2 rings (SSSR count). The van der Waals surface area contributed by atoms with Crippen LogP contribution >= 0.6 is 0 Å². The number of allylic oxidation sites excluding steroid dienone is 3. The summed E-state index contributed by atoms with van der Waals surface area (Å²) >= 11 is 0. The maximum absolute atomic E-state index is 10.9. The molecule has 1 fully saturated rings. The van der Waals surface area contributed by atoms with E-state index in [2.05, 4.69) is 39.5 Å². The molecular weight excluding hydrogens is 272 g/mol. The van der Waals surface area contributed by atoms with Gasteiger partial charge in [0.1, 0.15) is 0 Å². The number of fused-ring (bicyclic) bond motifs is 2. The minimum absolute atomic E-state index is 0.0820. The Labute approximate surface area is 136 Å². The lowest BCUT2D eigenvalue weighted by atomic mass is 9.84. The summed E-state index contributed by atoms with van der Waals surface area (Å²) in [5.41, 5.74) is 3.23. The molecule has 0 spiro atoms. The Bertz CT molecular complexity index is 470. The molecule has 2 heterocycles. The molecule has 0 aromatic heterocycles. The second kappa shape index (κ2) is 7.14. The summed E-state index contributed by atoms with van der Waals surface area (Å²) < 4.78 is 6.29. The van der Waals surface area contributed by atoms with Gasteiger partial charge in [-0.25, -0.2) is 0 Å². The van der Waals surface area contributed by atoms with Gasteiger partial charge in [0.2, 0.25) is 0 Å². The number of rotatable bonds is 1. The molecule has 0 aromatic carbocycles. The zero-order valence-corrected chi connectivity index (χ0v) is 14.7. The minimum Gasteiger partial charge on any atom is -0.387 e. The van der Waals surface area contributed by atoms with Crippen LogP contribution in [-0.2, 0) is 4.74 Å². The molecule has 2 nitrogen and oxygen atoms in total. The van der Waals surface area contributed by atoms with Crippen LogP contribution in [0, 0.1) is 5.92 Å². The van der Waals surface area contributed by atoms with Crippen molar-refractivity contribution < 1.29 is 9.84 Å². The summed E-state index contributed by atoms with van der Waals surface area (Å²) in [5, 5.41) is 10.9. The number of hydrogen-bond donors (Lipinski definition) is 1. The van der Waals surface area contributed by atoms with Gasteiger partial charge < -0.3 is 9.84 Å². The monoisotopic (exact) mass is 304 g/mol. The van der Waals surface area contributed by atoms with Gasteiger partial charge in [0.05, 0.1) is 17.8 Å². The van der Waals surface area contributed by atoms with Gasteiger partial charge in [0.25, 0.3) is 0 Å². The van der Waals surface area contributed by atoms with E-state index in [1.807, 2.05) is 6.92 Å². The van der Waals surface area contributed by atoms with Crippen molar-refractivity contribution in [3.63, 3.8) is 0 Å². The molecule has 1 N–H and O–H groups in total. The lowest BCUT2D eigenvalue weighted by Crippen LogP contribution is -2.39. The first-order valence-electron chi connectivity index (χ1n) is 8.64. The maximum atomic E-state index is 10.9. The van der Waals surface area contributed by atoms with Gasteiger partial charge in [0, 0.05) is 5.92 Å². The Morgan fingerprint density at radius 2 is 1.95 bits per heavy atom. The van der Waals surface area contributed by atoms with Crippen molar-refractivity contribution in [3.05, 3.63) is 35.5 Å². The van der Waals surface area contributed by atoms with Gasteiger partial charge in [-0.05, 0) is 66.2 Å². The van der Waals surface area contributed by atoms with Crippen LogP contribution in [0.1, 0.15) is 66.2 Å². The Hall–Kier alpha value is -0.860. The van der Waals surface area contributed by atoms with Gasteiger partial charge >= 0.3 is 0 Å². The average Bonchev–Trinajstić information content (AvgIpc) is 2.82. The fourth-order valence-corrected chi connectivity index (χ4v) is 3.67. The van der Waals surface area contributed by atoms with E-state index in [9.17, 15) is 5.11 Å². The molecule has 2 bridgehead atoms. The zero-order valence-electron chi connectivity index (χ0n) is 14.7. The van der Waals surface area contributed by atoms with Gasteiger partial charge in [0.15, 0.2) is 0 Å². The van der Waals surface area contributed by atoms with E-state index < -0.39 is 5.60 Å². The van der Waals surface area contributed by atoms with Gasteiger partial charge in [-0.3, -0.25) is 0 Å². The highest BCUT2D eigenvalue weighted by Crippen LogP contribution is 2.40. The highest BCUT2D eigenvalue weighted by Gasteiger charge is 2.43. The van der Waals surface area contributed by atoms with E-state index in [1.54, 1.807) is 0 Å². The van der Waals surface area contributed by atoms with E-state index in [1.165, 1.54) is 16.7 Å². The first-order valence-corrected chi connectivity index (χ1v) is 8.64. The predicted molar refractivity (Wildman–Crippen MR) is 92.8 cm³/mol. The summed E-state index contributed by atoms with van der Waals surface area (Å²) in [6.45, 7) is 12.6. The van der Waals surface area contributed by atoms with Crippen molar-refractivity contribution >= 4 is 0 Å². The largest absolute Gasteiger partial charge is 0.387 e. The third kappa shape index (κ3) is 4.33. The first kappa shape index (κ1) is 17.5. The molecule has 4 atom stereocenters. The molecule has 0 aromatic rings.